The first-order chi connectivity index (χ1) is 8.56. The molecule has 18 heavy (non-hydrogen) atoms. The first-order valence-electron chi connectivity index (χ1n) is 6.10. The first-order valence-corrected chi connectivity index (χ1v) is 6.10. The molecular weight excluding hydrogens is 238 g/mol. The lowest BCUT2D eigenvalue weighted by molar-refractivity contribution is -0.141. The molecule has 3 N–H and O–H groups in total. The van der Waals surface area contributed by atoms with E-state index in [0.717, 1.165) is 0 Å². The van der Waals surface area contributed by atoms with Gasteiger partial charge in [-0.2, -0.15) is 0 Å². The molecule has 0 radical (unpaired) electrons. The monoisotopic (exact) mass is 257 g/mol. The maximum absolute atomic E-state index is 11.7. The summed E-state index contributed by atoms with van der Waals surface area (Å²) in [5.41, 5.74) is 0. The highest BCUT2D eigenvalue weighted by atomic mass is 16.4. The fourth-order valence-corrected chi connectivity index (χ4v) is 1.94. The van der Waals surface area contributed by atoms with Crippen LogP contribution in [0.4, 0.5) is 4.79 Å². The largest absolute Gasteiger partial charge is 0.480 e. The van der Waals surface area contributed by atoms with Crippen molar-refractivity contribution >= 4 is 17.9 Å². The van der Waals surface area contributed by atoms with Crippen LogP contribution in [0.5, 0.6) is 0 Å². The summed E-state index contributed by atoms with van der Waals surface area (Å²) in [7, 11) is 0. The maximum atomic E-state index is 11.7. The molecule has 0 saturated carbocycles. The van der Waals surface area contributed by atoms with Gasteiger partial charge in [0.25, 0.3) is 0 Å². The summed E-state index contributed by atoms with van der Waals surface area (Å²) < 4.78 is 0. The van der Waals surface area contributed by atoms with E-state index >= 15 is 0 Å². The molecule has 102 valence electrons. The summed E-state index contributed by atoms with van der Waals surface area (Å²) in [6.07, 6.45) is 1.38. The summed E-state index contributed by atoms with van der Waals surface area (Å²) in [4.78, 5) is 35.1. The molecule has 0 aliphatic carbocycles. The number of nitrogens with one attached hydrogen (secondary N) is 2. The minimum Gasteiger partial charge on any atom is -0.480 e. The van der Waals surface area contributed by atoms with Gasteiger partial charge in [0.05, 0.1) is 0 Å². The van der Waals surface area contributed by atoms with E-state index in [0.29, 0.717) is 25.9 Å². The number of rotatable bonds is 5. The molecule has 1 heterocycles. The average Bonchev–Trinajstić information content (AvgIpc) is 2.78. The maximum Gasteiger partial charge on any atom is 0.326 e. The molecule has 3 amide bonds. The van der Waals surface area contributed by atoms with Crippen LogP contribution in [-0.2, 0) is 9.59 Å². The molecule has 0 aromatic heterocycles. The van der Waals surface area contributed by atoms with Gasteiger partial charge in [-0.05, 0) is 19.8 Å². The number of hydrogen-bond acceptors (Lipinski definition) is 3. The molecule has 1 saturated heterocycles. The van der Waals surface area contributed by atoms with Crippen LogP contribution in [0.2, 0.25) is 0 Å². The molecule has 7 heteroatoms. The molecule has 0 bridgehead atoms. The summed E-state index contributed by atoms with van der Waals surface area (Å²) >= 11 is 0. The van der Waals surface area contributed by atoms with Crippen LogP contribution < -0.4 is 10.6 Å². The summed E-state index contributed by atoms with van der Waals surface area (Å²) in [5, 5.41) is 14.1. The van der Waals surface area contributed by atoms with Gasteiger partial charge in [-0.25, -0.2) is 9.59 Å². The van der Waals surface area contributed by atoms with Crippen molar-refractivity contribution in [2.45, 2.75) is 32.2 Å². The molecule has 0 unspecified atom stereocenters. The lowest BCUT2D eigenvalue weighted by Crippen LogP contribution is -2.46. The third-order valence-electron chi connectivity index (χ3n) is 2.80. The predicted molar refractivity (Wildman–Crippen MR) is 64.1 cm³/mol. The zero-order chi connectivity index (χ0) is 13.5. The van der Waals surface area contributed by atoms with Gasteiger partial charge >= 0.3 is 12.0 Å². The third kappa shape index (κ3) is 3.90. The topological polar surface area (TPSA) is 98.7 Å². The number of amides is 3. The van der Waals surface area contributed by atoms with E-state index in [1.807, 2.05) is 6.92 Å². The molecule has 1 aliphatic heterocycles. The minimum absolute atomic E-state index is 0.131. The number of likely N-dealkylation sites (tertiary alicyclic amines) is 1. The smallest absolute Gasteiger partial charge is 0.326 e. The molecule has 1 atom stereocenters. The van der Waals surface area contributed by atoms with Crippen molar-refractivity contribution in [1.29, 1.82) is 0 Å². The predicted octanol–water partition coefficient (Wildman–Crippen LogP) is -0.229. The van der Waals surface area contributed by atoms with Gasteiger partial charge in [0.15, 0.2) is 0 Å². The highest BCUT2D eigenvalue weighted by Crippen LogP contribution is 2.17. The van der Waals surface area contributed by atoms with E-state index in [1.165, 1.54) is 4.90 Å². The number of nitrogens with zero attached hydrogens (tertiary/aromatic N) is 1. The van der Waals surface area contributed by atoms with Gasteiger partial charge in [-0.15, -0.1) is 0 Å². The van der Waals surface area contributed by atoms with E-state index in [1.54, 1.807) is 0 Å². The highest BCUT2D eigenvalue weighted by Gasteiger charge is 2.33. The Hall–Kier alpha value is -1.79. The number of carboxylic acids is 1. The van der Waals surface area contributed by atoms with Crippen LogP contribution in [0.3, 0.4) is 0 Å². The van der Waals surface area contributed by atoms with Gasteiger partial charge in [-0.1, -0.05) is 0 Å². The third-order valence-corrected chi connectivity index (χ3v) is 2.80. The molecule has 1 aliphatic rings. The summed E-state index contributed by atoms with van der Waals surface area (Å²) in [5.74, 6) is -1.11. The molecular formula is C11H19N3O4. The van der Waals surface area contributed by atoms with Crippen LogP contribution in [0, 0.1) is 0 Å². The number of carbonyl (C=O) groups excluding carboxylic acids is 2. The highest BCUT2D eigenvalue weighted by molar-refractivity contribution is 5.83. The lowest BCUT2D eigenvalue weighted by Gasteiger charge is -2.21. The number of carboxylic acid groups (broad SMARTS) is 1. The first kappa shape index (κ1) is 14.3. The molecule has 0 spiro atoms. The van der Waals surface area contributed by atoms with E-state index in [4.69, 9.17) is 5.11 Å². The zero-order valence-corrected chi connectivity index (χ0v) is 10.4. The summed E-state index contributed by atoms with van der Waals surface area (Å²) in [6, 6.07) is -1.15. The molecule has 1 rings (SSSR count). The Kier molecular flexibility index (Phi) is 5.41. The lowest BCUT2D eigenvalue weighted by atomic mass is 10.2. The van der Waals surface area contributed by atoms with Gasteiger partial charge in [-0.3, -0.25) is 4.79 Å². The Morgan fingerprint density at radius 1 is 1.33 bits per heavy atom. The Morgan fingerprint density at radius 3 is 2.67 bits per heavy atom. The van der Waals surface area contributed by atoms with Crippen LogP contribution >= 0.6 is 0 Å². The second-order valence-electron chi connectivity index (χ2n) is 4.13. The van der Waals surface area contributed by atoms with Gasteiger partial charge in [0.1, 0.15) is 6.04 Å². The fraction of sp³-hybridized carbons (Fsp3) is 0.727. The minimum atomic E-state index is -0.980. The Balaban J connectivity index is 2.32. The molecule has 0 aromatic carbocycles. The second-order valence-corrected chi connectivity index (χ2v) is 4.13. The van der Waals surface area contributed by atoms with Gasteiger partial charge < -0.3 is 20.6 Å². The Bertz CT molecular complexity index is 332. The fourth-order valence-electron chi connectivity index (χ4n) is 1.94. The van der Waals surface area contributed by atoms with Crippen molar-refractivity contribution in [3.05, 3.63) is 0 Å². The molecule has 0 aromatic rings. The number of aliphatic carboxylic acids is 1. The van der Waals surface area contributed by atoms with Crippen LogP contribution in [0.1, 0.15) is 26.2 Å². The Morgan fingerprint density at radius 2 is 2.06 bits per heavy atom. The zero-order valence-electron chi connectivity index (χ0n) is 10.4. The van der Waals surface area contributed by atoms with Crippen molar-refractivity contribution in [3.63, 3.8) is 0 Å². The molecule has 7 nitrogen and oxygen atoms in total. The van der Waals surface area contributed by atoms with Crippen LogP contribution in [-0.4, -0.2) is 53.6 Å². The standard InChI is InChI=1S/C11H19N3O4/c1-2-12-9(15)5-6-13-11(18)14-7-3-4-8(14)10(16)17/h8H,2-7H2,1H3,(H,12,15)(H,13,18)(H,16,17)/t8-/m1/s1. The van der Waals surface area contributed by atoms with Crippen molar-refractivity contribution in [2.75, 3.05) is 19.6 Å². The number of hydrogen-bond donors (Lipinski definition) is 3. The van der Waals surface area contributed by atoms with Crippen molar-refractivity contribution in [2.24, 2.45) is 0 Å². The second kappa shape index (κ2) is 6.83. The van der Waals surface area contributed by atoms with E-state index < -0.39 is 18.0 Å². The SMILES string of the molecule is CCNC(=O)CCNC(=O)N1CCC[C@@H]1C(=O)O. The quantitative estimate of drug-likeness (QED) is 0.633. The van der Waals surface area contributed by atoms with Crippen molar-refractivity contribution in [3.8, 4) is 0 Å². The molecule has 1 fully saturated rings. The summed E-state index contributed by atoms with van der Waals surface area (Å²) in [6.45, 7) is 3.04. The normalized spacial score (nSPS) is 18.5. The number of urea groups is 1. The van der Waals surface area contributed by atoms with E-state index in [9.17, 15) is 14.4 Å². The van der Waals surface area contributed by atoms with Crippen molar-refractivity contribution < 1.29 is 19.5 Å². The van der Waals surface area contributed by atoms with E-state index in [-0.39, 0.29) is 18.9 Å². The van der Waals surface area contributed by atoms with Gasteiger partial charge in [0.2, 0.25) is 5.91 Å². The van der Waals surface area contributed by atoms with E-state index in [2.05, 4.69) is 10.6 Å². The Labute approximate surface area is 106 Å². The van der Waals surface area contributed by atoms with Crippen LogP contribution in [0.15, 0.2) is 0 Å². The van der Waals surface area contributed by atoms with Gasteiger partial charge in [0, 0.05) is 26.1 Å². The number of carbonyl (C=O) groups is 3. The van der Waals surface area contributed by atoms with Crippen molar-refractivity contribution in [1.82, 2.24) is 15.5 Å². The van der Waals surface area contributed by atoms with Crippen LogP contribution in [0.25, 0.3) is 0 Å². The average molecular weight is 257 g/mol.